The summed E-state index contributed by atoms with van der Waals surface area (Å²) in [6.07, 6.45) is 5.56. The quantitative estimate of drug-likeness (QED) is 0.741. The normalized spacial score (nSPS) is 20.2. The molecule has 1 aliphatic carbocycles. The molecule has 0 spiro atoms. The molecule has 2 fully saturated rings. The van der Waals surface area contributed by atoms with Gasteiger partial charge in [0.25, 0.3) is 0 Å². The largest absolute Gasteiger partial charge is 0.454 e. The predicted octanol–water partition coefficient (Wildman–Crippen LogP) is 1.85. The first-order valence-electron chi connectivity index (χ1n) is 10.3. The fraction of sp³-hybridized carbons (Fsp3) is 0.619. The molecule has 7 nitrogen and oxygen atoms in total. The zero-order chi connectivity index (χ0) is 19.5. The molecule has 0 N–H and O–H groups in total. The first-order chi connectivity index (χ1) is 13.6. The molecule has 1 saturated carbocycles. The number of fused-ring (bicyclic) bond motifs is 1. The second-order valence-corrected chi connectivity index (χ2v) is 7.96. The molecule has 1 saturated heterocycles. The van der Waals surface area contributed by atoms with Gasteiger partial charge in [0, 0.05) is 45.8 Å². The molecule has 4 rings (SSSR count). The Bertz CT molecular complexity index is 724. The first kappa shape index (κ1) is 19.1. The van der Waals surface area contributed by atoms with Crippen molar-refractivity contribution in [2.45, 2.75) is 44.7 Å². The van der Waals surface area contributed by atoms with Crippen LogP contribution < -0.4 is 9.47 Å². The lowest BCUT2D eigenvalue weighted by atomic mass is 9.94. The van der Waals surface area contributed by atoms with Gasteiger partial charge in [0.1, 0.15) is 0 Å². The molecular formula is C21H29N3O4. The highest BCUT2D eigenvalue weighted by molar-refractivity contribution is 6.34. The summed E-state index contributed by atoms with van der Waals surface area (Å²) in [5.41, 5.74) is 1.16. The van der Waals surface area contributed by atoms with E-state index in [9.17, 15) is 9.59 Å². The summed E-state index contributed by atoms with van der Waals surface area (Å²) >= 11 is 0. The van der Waals surface area contributed by atoms with E-state index in [0.717, 1.165) is 62.4 Å². The van der Waals surface area contributed by atoms with Crippen LogP contribution in [0.25, 0.3) is 0 Å². The summed E-state index contributed by atoms with van der Waals surface area (Å²) in [7, 11) is 1.78. The Kier molecular flexibility index (Phi) is 5.71. The average Bonchev–Trinajstić information content (AvgIpc) is 3.21. The van der Waals surface area contributed by atoms with Crippen LogP contribution >= 0.6 is 0 Å². The molecule has 0 aromatic heterocycles. The van der Waals surface area contributed by atoms with Crippen LogP contribution in [-0.2, 0) is 16.1 Å². The van der Waals surface area contributed by atoms with E-state index in [1.165, 1.54) is 6.42 Å². The average molecular weight is 387 g/mol. The summed E-state index contributed by atoms with van der Waals surface area (Å²) < 4.78 is 10.8. The van der Waals surface area contributed by atoms with Crippen molar-refractivity contribution in [1.29, 1.82) is 0 Å². The maximum absolute atomic E-state index is 12.7. The van der Waals surface area contributed by atoms with Crippen LogP contribution in [0.2, 0.25) is 0 Å². The Morgan fingerprint density at radius 3 is 2.50 bits per heavy atom. The van der Waals surface area contributed by atoms with Crippen molar-refractivity contribution in [2.75, 3.05) is 40.0 Å². The van der Waals surface area contributed by atoms with Gasteiger partial charge in [-0.15, -0.1) is 0 Å². The van der Waals surface area contributed by atoms with Gasteiger partial charge >= 0.3 is 11.8 Å². The van der Waals surface area contributed by atoms with Gasteiger partial charge in [-0.05, 0) is 30.5 Å². The number of piperazine rings is 1. The number of benzene rings is 1. The van der Waals surface area contributed by atoms with E-state index in [1.54, 1.807) is 16.8 Å². The lowest BCUT2D eigenvalue weighted by Gasteiger charge is -2.36. The molecule has 1 aromatic rings. The van der Waals surface area contributed by atoms with Gasteiger partial charge in [0.2, 0.25) is 6.79 Å². The summed E-state index contributed by atoms with van der Waals surface area (Å²) in [5.74, 6) is 0.884. The van der Waals surface area contributed by atoms with Gasteiger partial charge in [0.15, 0.2) is 11.5 Å². The molecular weight excluding hydrogens is 358 g/mol. The third-order valence-corrected chi connectivity index (χ3v) is 6.13. The second kappa shape index (κ2) is 8.39. The standard InChI is InChI=1S/C21H29N3O4/c1-22(17-5-3-2-4-6-17)20(25)21(26)24-11-9-23(10-12-24)14-16-7-8-18-19(13-16)28-15-27-18/h7-8,13,17H,2-6,9-12,14-15H2,1H3. The summed E-state index contributed by atoms with van der Waals surface area (Å²) in [6.45, 7) is 3.79. The Morgan fingerprint density at radius 1 is 1.04 bits per heavy atom. The third-order valence-electron chi connectivity index (χ3n) is 6.13. The maximum Gasteiger partial charge on any atom is 0.312 e. The zero-order valence-electron chi connectivity index (χ0n) is 16.6. The zero-order valence-corrected chi connectivity index (χ0v) is 16.6. The van der Waals surface area contributed by atoms with Gasteiger partial charge in [-0.25, -0.2) is 0 Å². The molecule has 152 valence electrons. The van der Waals surface area contributed by atoms with Crippen molar-refractivity contribution < 1.29 is 19.1 Å². The van der Waals surface area contributed by atoms with E-state index in [2.05, 4.69) is 4.90 Å². The molecule has 28 heavy (non-hydrogen) atoms. The Morgan fingerprint density at radius 2 is 1.75 bits per heavy atom. The highest BCUT2D eigenvalue weighted by atomic mass is 16.7. The van der Waals surface area contributed by atoms with Crippen molar-refractivity contribution in [3.05, 3.63) is 23.8 Å². The highest BCUT2D eigenvalue weighted by Gasteiger charge is 2.31. The van der Waals surface area contributed by atoms with E-state index >= 15 is 0 Å². The summed E-state index contributed by atoms with van der Waals surface area (Å²) in [4.78, 5) is 31.0. The Hall–Kier alpha value is -2.28. The molecule has 0 radical (unpaired) electrons. The molecule has 0 unspecified atom stereocenters. The Balaban J connectivity index is 1.27. The van der Waals surface area contributed by atoms with Crippen molar-refractivity contribution >= 4 is 11.8 Å². The minimum atomic E-state index is -0.351. The van der Waals surface area contributed by atoms with Crippen LogP contribution in [-0.4, -0.2) is 72.6 Å². The minimum absolute atomic E-state index is 0.220. The fourth-order valence-electron chi connectivity index (χ4n) is 4.33. The molecule has 2 heterocycles. The number of ether oxygens (including phenoxy) is 2. The number of amides is 2. The van der Waals surface area contributed by atoms with E-state index < -0.39 is 0 Å². The SMILES string of the molecule is CN(C(=O)C(=O)N1CCN(Cc2ccc3c(c2)OCO3)CC1)C1CCCCC1. The van der Waals surface area contributed by atoms with Crippen LogP contribution in [0.4, 0.5) is 0 Å². The molecule has 2 aliphatic heterocycles. The van der Waals surface area contributed by atoms with Crippen LogP contribution in [0.5, 0.6) is 11.5 Å². The first-order valence-corrected chi connectivity index (χ1v) is 10.3. The number of rotatable bonds is 3. The smallest absolute Gasteiger partial charge is 0.312 e. The van der Waals surface area contributed by atoms with E-state index in [4.69, 9.17) is 9.47 Å². The van der Waals surface area contributed by atoms with Gasteiger partial charge < -0.3 is 19.3 Å². The van der Waals surface area contributed by atoms with Crippen molar-refractivity contribution in [1.82, 2.24) is 14.7 Å². The van der Waals surface area contributed by atoms with Crippen LogP contribution in [0.1, 0.15) is 37.7 Å². The second-order valence-electron chi connectivity index (χ2n) is 7.96. The van der Waals surface area contributed by atoms with Gasteiger partial charge in [-0.1, -0.05) is 25.3 Å². The number of hydrogen-bond acceptors (Lipinski definition) is 5. The van der Waals surface area contributed by atoms with E-state index in [0.29, 0.717) is 13.1 Å². The molecule has 0 atom stereocenters. The maximum atomic E-state index is 12.7. The fourth-order valence-corrected chi connectivity index (χ4v) is 4.33. The van der Waals surface area contributed by atoms with Crippen molar-refractivity contribution in [3.8, 4) is 11.5 Å². The number of likely N-dealkylation sites (N-methyl/N-ethyl adjacent to an activating group) is 1. The number of carbonyl (C=O) groups is 2. The summed E-state index contributed by atoms with van der Waals surface area (Å²) in [5, 5.41) is 0. The van der Waals surface area contributed by atoms with Gasteiger partial charge in [-0.2, -0.15) is 0 Å². The highest BCUT2D eigenvalue weighted by Crippen LogP contribution is 2.32. The van der Waals surface area contributed by atoms with Gasteiger partial charge in [0.05, 0.1) is 0 Å². The van der Waals surface area contributed by atoms with Crippen LogP contribution in [0.15, 0.2) is 18.2 Å². The Labute approximate surface area is 166 Å². The molecule has 3 aliphatic rings. The van der Waals surface area contributed by atoms with E-state index in [-0.39, 0.29) is 24.6 Å². The van der Waals surface area contributed by atoms with Crippen molar-refractivity contribution in [3.63, 3.8) is 0 Å². The number of nitrogens with zero attached hydrogens (tertiary/aromatic N) is 3. The molecule has 7 heteroatoms. The van der Waals surface area contributed by atoms with Gasteiger partial charge in [-0.3, -0.25) is 14.5 Å². The topological polar surface area (TPSA) is 62.3 Å². The van der Waals surface area contributed by atoms with Crippen LogP contribution in [0, 0.1) is 0 Å². The molecule has 2 amide bonds. The lowest BCUT2D eigenvalue weighted by Crippen LogP contribution is -2.54. The molecule has 1 aromatic carbocycles. The van der Waals surface area contributed by atoms with E-state index in [1.807, 2.05) is 18.2 Å². The van der Waals surface area contributed by atoms with Crippen molar-refractivity contribution in [2.24, 2.45) is 0 Å². The minimum Gasteiger partial charge on any atom is -0.454 e. The third kappa shape index (κ3) is 4.09. The summed E-state index contributed by atoms with van der Waals surface area (Å²) in [6, 6.07) is 6.23. The monoisotopic (exact) mass is 387 g/mol. The number of hydrogen-bond donors (Lipinski definition) is 0. The lowest BCUT2D eigenvalue weighted by molar-refractivity contribution is -0.153. The predicted molar refractivity (Wildman–Crippen MR) is 104 cm³/mol. The van der Waals surface area contributed by atoms with Crippen LogP contribution in [0.3, 0.4) is 0 Å². The number of carbonyl (C=O) groups excluding carboxylic acids is 2. The molecule has 0 bridgehead atoms.